The monoisotopic (exact) mass is 409 g/mol. The van der Waals surface area contributed by atoms with Crippen LogP contribution in [0.5, 0.6) is 5.75 Å². The van der Waals surface area contributed by atoms with Gasteiger partial charge < -0.3 is 19.9 Å². The van der Waals surface area contributed by atoms with Crippen LogP contribution < -0.4 is 10.1 Å². The minimum absolute atomic E-state index is 0.0359. The number of nitrogens with zero attached hydrogens (tertiary/aromatic N) is 2. The predicted molar refractivity (Wildman–Crippen MR) is 112 cm³/mol. The van der Waals surface area contributed by atoms with Gasteiger partial charge in [0.25, 0.3) is 0 Å². The summed E-state index contributed by atoms with van der Waals surface area (Å²) in [6.45, 7) is 8.19. The lowest BCUT2D eigenvalue weighted by Crippen LogP contribution is -2.52. The first-order valence-corrected chi connectivity index (χ1v) is 10.3. The van der Waals surface area contributed by atoms with E-state index in [1.807, 2.05) is 37.8 Å². The third-order valence-corrected chi connectivity index (χ3v) is 5.29. The first-order valence-electron chi connectivity index (χ1n) is 9.96. The van der Waals surface area contributed by atoms with Crippen molar-refractivity contribution >= 4 is 23.4 Å². The third-order valence-electron chi connectivity index (χ3n) is 5.04. The number of hydrogen-bond acceptors (Lipinski definition) is 4. The van der Waals surface area contributed by atoms with E-state index in [1.165, 1.54) is 0 Å². The van der Waals surface area contributed by atoms with Gasteiger partial charge in [0.1, 0.15) is 12.4 Å². The average Bonchev–Trinajstić information content (AvgIpc) is 2.68. The Balaban J connectivity index is 1.70. The highest BCUT2D eigenvalue weighted by Gasteiger charge is 2.27. The van der Waals surface area contributed by atoms with Gasteiger partial charge in [0.2, 0.25) is 11.8 Å². The predicted octanol–water partition coefficient (Wildman–Crippen LogP) is 2.80. The van der Waals surface area contributed by atoms with Crippen LogP contribution in [0.1, 0.15) is 33.6 Å². The summed E-state index contributed by atoms with van der Waals surface area (Å²) in [6.07, 6.45) is 1.75. The van der Waals surface area contributed by atoms with Gasteiger partial charge in [0.05, 0.1) is 12.6 Å². The summed E-state index contributed by atoms with van der Waals surface area (Å²) in [5.41, 5.74) is 0. The van der Waals surface area contributed by atoms with Crippen LogP contribution in [0, 0.1) is 5.92 Å². The molecule has 1 aromatic rings. The normalized spacial score (nSPS) is 16.1. The van der Waals surface area contributed by atoms with Crippen LogP contribution in [0.15, 0.2) is 24.3 Å². The molecular weight excluding hydrogens is 378 g/mol. The van der Waals surface area contributed by atoms with Gasteiger partial charge in [-0.05, 0) is 44.0 Å². The van der Waals surface area contributed by atoms with E-state index < -0.39 is 0 Å². The van der Waals surface area contributed by atoms with Crippen molar-refractivity contribution in [2.75, 3.05) is 33.3 Å². The van der Waals surface area contributed by atoms with Gasteiger partial charge in [0.15, 0.2) is 0 Å². The van der Waals surface area contributed by atoms with E-state index in [-0.39, 0.29) is 29.8 Å². The van der Waals surface area contributed by atoms with Crippen molar-refractivity contribution in [2.45, 2.75) is 45.7 Å². The maximum Gasteiger partial charge on any atom is 0.239 e. The molecule has 6 nitrogen and oxygen atoms in total. The van der Waals surface area contributed by atoms with Crippen LogP contribution in [-0.4, -0.2) is 67.0 Å². The van der Waals surface area contributed by atoms with Gasteiger partial charge in [-0.2, -0.15) is 0 Å². The van der Waals surface area contributed by atoms with E-state index in [1.54, 1.807) is 24.1 Å². The summed E-state index contributed by atoms with van der Waals surface area (Å²) in [6, 6.07) is 7.16. The summed E-state index contributed by atoms with van der Waals surface area (Å²) < 4.78 is 5.65. The number of hydrogen-bond donors (Lipinski definition) is 1. The number of likely N-dealkylation sites (N-methyl/N-ethyl adjacent to an activating group) is 1. The summed E-state index contributed by atoms with van der Waals surface area (Å²) in [4.78, 5) is 28.3. The number of halogens is 1. The zero-order valence-electron chi connectivity index (χ0n) is 17.3. The molecular formula is C21H32ClN3O3. The van der Waals surface area contributed by atoms with Crippen molar-refractivity contribution in [2.24, 2.45) is 5.92 Å². The molecule has 2 rings (SSSR count). The highest BCUT2D eigenvalue weighted by Crippen LogP contribution is 2.16. The van der Waals surface area contributed by atoms with Crippen LogP contribution >= 0.6 is 11.6 Å². The average molecular weight is 410 g/mol. The molecule has 1 aliphatic heterocycles. The van der Waals surface area contributed by atoms with Crippen LogP contribution in [-0.2, 0) is 9.59 Å². The Kier molecular flexibility index (Phi) is 8.58. The summed E-state index contributed by atoms with van der Waals surface area (Å²) >= 11 is 5.85. The van der Waals surface area contributed by atoms with Crippen LogP contribution in [0.2, 0.25) is 5.02 Å². The Morgan fingerprint density at radius 3 is 2.39 bits per heavy atom. The van der Waals surface area contributed by atoms with Gasteiger partial charge in [-0.25, -0.2) is 0 Å². The molecule has 156 valence electrons. The van der Waals surface area contributed by atoms with Crippen molar-refractivity contribution in [3.05, 3.63) is 29.3 Å². The molecule has 28 heavy (non-hydrogen) atoms. The second kappa shape index (κ2) is 10.7. The maximum atomic E-state index is 12.6. The molecule has 1 aliphatic rings. The zero-order chi connectivity index (χ0) is 20.7. The quantitative estimate of drug-likeness (QED) is 0.717. The van der Waals surface area contributed by atoms with E-state index in [2.05, 4.69) is 5.32 Å². The second-order valence-corrected chi connectivity index (χ2v) is 8.14. The number of carbonyl (C=O) groups is 2. The van der Waals surface area contributed by atoms with Crippen molar-refractivity contribution in [1.82, 2.24) is 15.1 Å². The topological polar surface area (TPSA) is 61.9 Å². The summed E-state index contributed by atoms with van der Waals surface area (Å²) in [5, 5.41) is 4.08. The number of carbonyl (C=O) groups excluding carboxylic acids is 2. The zero-order valence-corrected chi connectivity index (χ0v) is 18.0. The molecule has 0 aliphatic carbocycles. The molecule has 1 heterocycles. The molecule has 2 amide bonds. The van der Waals surface area contributed by atoms with Gasteiger partial charge in [0, 0.05) is 37.1 Å². The second-order valence-electron chi connectivity index (χ2n) is 7.70. The highest BCUT2D eigenvalue weighted by atomic mass is 35.5. The lowest BCUT2D eigenvalue weighted by atomic mass is 10.0. The standard InChI is InChI=1S/C21H32ClN3O3/c1-15(2)20(26)25-11-9-18(10-12-25)23-16(3)21(27)24(4)13-14-28-19-7-5-17(22)6-8-19/h5-8,15-16,18,23H,9-14H2,1-4H3. The SMILES string of the molecule is CC(C)C(=O)N1CCC(NC(C)C(=O)N(C)CCOc2ccc(Cl)cc2)CC1. The van der Waals surface area contributed by atoms with Gasteiger partial charge >= 0.3 is 0 Å². The van der Waals surface area contributed by atoms with Gasteiger partial charge in [-0.1, -0.05) is 25.4 Å². The Bertz CT molecular complexity index is 643. The van der Waals surface area contributed by atoms with E-state index in [4.69, 9.17) is 16.3 Å². The number of piperidine rings is 1. The maximum absolute atomic E-state index is 12.6. The fourth-order valence-electron chi connectivity index (χ4n) is 3.33. The molecule has 0 saturated carbocycles. The Labute approximate surface area is 173 Å². The Morgan fingerprint density at radius 2 is 1.82 bits per heavy atom. The van der Waals surface area contributed by atoms with Crippen molar-refractivity contribution in [1.29, 1.82) is 0 Å². The van der Waals surface area contributed by atoms with E-state index >= 15 is 0 Å². The van der Waals surface area contributed by atoms with E-state index in [0.29, 0.717) is 18.2 Å². The number of benzene rings is 1. The molecule has 0 radical (unpaired) electrons. The molecule has 0 aromatic heterocycles. The van der Waals surface area contributed by atoms with Crippen molar-refractivity contribution < 1.29 is 14.3 Å². The van der Waals surface area contributed by atoms with E-state index in [0.717, 1.165) is 31.7 Å². The highest BCUT2D eigenvalue weighted by molar-refractivity contribution is 6.30. The minimum Gasteiger partial charge on any atom is -0.492 e. The van der Waals surface area contributed by atoms with E-state index in [9.17, 15) is 9.59 Å². The minimum atomic E-state index is -0.266. The smallest absolute Gasteiger partial charge is 0.239 e. The van der Waals surface area contributed by atoms with Crippen molar-refractivity contribution in [3.8, 4) is 5.75 Å². The molecule has 0 spiro atoms. The van der Waals surface area contributed by atoms with Gasteiger partial charge in [-0.3, -0.25) is 9.59 Å². The largest absolute Gasteiger partial charge is 0.492 e. The van der Waals surface area contributed by atoms with Crippen LogP contribution in [0.25, 0.3) is 0 Å². The lowest BCUT2D eigenvalue weighted by Gasteiger charge is -2.35. The number of rotatable bonds is 8. The summed E-state index contributed by atoms with van der Waals surface area (Å²) in [7, 11) is 1.79. The fraction of sp³-hybridized carbons (Fsp3) is 0.619. The van der Waals surface area contributed by atoms with Gasteiger partial charge in [-0.15, -0.1) is 0 Å². The number of amides is 2. The Morgan fingerprint density at radius 1 is 1.21 bits per heavy atom. The molecule has 7 heteroatoms. The molecule has 1 aromatic carbocycles. The Hall–Kier alpha value is -1.79. The summed E-state index contributed by atoms with van der Waals surface area (Å²) in [5.74, 6) is 1.02. The molecule has 1 saturated heterocycles. The first-order chi connectivity index (χ1) is 13.3. The van der Waals surface area contributed by atoms with Crippen LogP contribution in [0.3, 0.4) is 0 Å². The third kappa shape index (κ3) is 6.67. The molecule has 1 fully saturated rings. The number of likely N-dealkylation sites (tertiary alicyclic amines) is 1. The van der Waals surface area contributed by atoms with Crippen molar-refractivity contribution in [3.63, 3.8) is 0 Å². The lowest BCUT2D eigenvalue weighted by molar-refractivity contribution is -0.136. The molecule has 1 unspecified atom stereocenters. The first kappa shape index (κ1) is 22.5. The molecule has 1 N–H and O–H groups in total. The number of nitrogens with one attached hydrogen (secondary N) is 1. The number of ether oxygens (including phenoxy) is 1. The fourth-order valence-corrected chi connectivity index (χ4v) is 3.45. The molecule has 1 atom stereocenters. The van der Waals surface area contributed by atoms with Crippen LogP contribution in [0.4, 0.5) is 0 Å². The molecule has 0 bridgehead atoms.